The van der Waals surface area contributed by atoms with Crippen LogP contribution in [0.4, 0.5) is 26.3 Å². The van der Waals surface area contributed by atoms with Gasteiger partial charge in [-0.1, -0.05) is 12.8 Å². The predicted molar refractivity (Wildman–Crippen MR) is 70.3 cm³/mol. The summed E-state index contributed by atoms with van der Waals surface area (Å²) in [6.07, 6.45) is 3.59. The zero-order valence-electron chi connectivity index (χ0n) is 12.9. The number of ether oxygens (including phenoxy) is 1. The van der Waals surface area contributed by atoms with Crippen molar-refractivity contribution in [2.45, 2.75) is 48.9 Å². The minimum atomic E-state index is -6.09. The van der Waals surface area contributed by atoms with E-state index in [1.165, 1.54) is 0 Å². The van der Waals surface area contributed by atoms with E-state index >= 15 is 0 Å². The smallest absolute Gasteiger partial charge is 0.852 e. The Morgan fingerprint density at radius 1 is 0.885 bits per heavy atom. The van der Waals surface area contributed by atoms with Gasteiger partial charge in [0.05, 0.1) is 6.10 Å². The van der Waals surface area contributed by atoms with E-state index in [1.807, 2.05) is 0 Å². The normalized spacial score (nSPS) is 21.3. The minimum absolute atomic E-state index is 0. The van der Waals surface area contributed by atoms with E-state index in [1.54, 1.807) is 7.11 Å². The van der Waals surface area contributed by atoms with Crippen molar-refractivity contribution in [1.29, 1.82) is 0 Å². The molecule has 0 aromatic carbocycles. The van der Waals surface area contributed by atoms with Crippen LogP contribution in [0.25, 0.3) is 0 Å². The van der Waals surface area contributed by atoms with Gasteiger partial charge in [-0.15, -0.1) is 6.10 Å². The van der Waals surface area contributed by atoms with Gasteiger partial charge in [0.15, 0.2) is 20.2 Å². The van der Waals surface area contributed by atoms with Gasteiger partial charge in [-0.25, -0.2) is 16.8 Å². The average Bonchev–Trinajstić information content (AvgIpc) is 2.35. The van der Waals surface area contributed by atoms with Gasteiger partial charge in [0.1, 0.15) is 0 Å². The van der Waals surface area contributed by atoms with Crippen molar-refractivity contribution < 1.29 is 62.1 Å². The van der Waals surface area contributed by atoms with Gasteiger partial charge in [0.25, 0.3) is 0 Å². The molecule has 0 amide bonds. The molecule has 0 heterocycles. The maximum absolute atomic E-state index is 10.8. The summed E-state index contributed by atoms with van der Waals surface area (Å²) in [7, 11) is -10.5. The average molecular weight is 454 g/mol. The first-order chi connectivity index (χ1) is 10.8. The Hall–Kier alpha value is -0.148. The topological polar surface area (TPSA) is 147 Å². The quantitative estimate of drug-likeness (QED) is 0.233. The molecule has 1 rings (SSSR count). The summed E-state index contributed by atoms with van der Waals surface area (Å²) in [6, 6.07) is 0. The molecule has 1 fully saturated rings. The Labute approximate surface area is 156 Å². The Morgan fingerprint density at radius 3 is 1.35 bits per heavy atom. The first kappa shape index (κ1) is 30.6. The number of hydrogen-bond acceptors (Lipinski definition) is 8. The van der Waals surface area contributed by atoms with Crippen LogP contribution in [0.2, 0.25) is 0 Å². The van der Waals surface area contributed by atoms with Gasteiger partial charge in [-0.3, -0.25) is 0 Å². The Kier molecular flexibility index (Phi) is 13.7. The second-order valence-electron chi connectivity index (χ2n) is 4.45. The van der Waals surface area contributed by atoms with E-state index in [-0.39, 0.29) is 29.6 Å². The van der Waals surface area contributed by atoms with Gasteiger partial charge in [-0.05, 0) is 12.8 Å². The first-order valence-electron chi connectivity index (χ1n) is 6.05. The third kappa shape index (κ3) is 14.0. The number of halogens is 6. The molecule has 1 aliphatic rings. The Morgan fingerprint density at radius 2 is 1.19 bits per heavy atom. The summed E-state index contributed by atoms with van der Waals surface area (Å²) in [4.78, 5) is 0. The maximum Gasteiger partial charge on any atom is 3.00 e. The van der Waals surface area contributed by atoms with E-state index < -0.39 is 31.3 Å². The summed E-state index contributed by atoms with van der Waals surface area (Å²) >= 11 is 0. The molecule has 0 radical (unpaired) electrons. The van der Waals surface area contributed by atoms with Crippen molar-refractivity contribution >= 4 is 37.6 Å². The Bertz CT molecular complexity index is 546. The Balaban J connectivity index is -0.000000301. The van der Waals surface area contributed by atoms with Gasteiger partial charge in [0.2, 0.25) is 0 Å². The van der Waals surface area contributed by atoms with Gasteiger partial charge in [-0.2, -0.15) is 26.3 Å². The van der Waals surface area contributed by atoms with Crippen LogP contribution in [-0.2, 0) is 25.0 Å². The van der Waals surface area contributed by atoms with Gasteiger partial charge < -0.3 is 18.9 Å². The minimum Gasteiger partial charge on any atom is -0.852 e. The van der Waals surface area contributed by atoms with Crippen LogP contribution in [-0.4, -0.2) is 73.6 Å². The molecule has 8 nitrogen and oxygen atoms in total. The third-order valence-corrected chi connectivity index (χ3v) is 3.61. The fourth-order valence-corrected chi connectivity index (χ4v) is 1.32. The van der Waals surface area contributed by atoms with E-state index in [9.17, 15) is 31.4 Å². The molecule has 2 unspecified atom stereocenters. The first-order valence-corrected chi connectivity index (χ1v) is 8.87. The summed E-state index contributed by atoms with van der Waals surface area (Å²) in [5, 5.41) is 10.8. The molecule has 0 saturated heterocycles. The maximum atomic E-state index is 10.8. The second kappa shape index (κ2) is 11.6. The standard InChI is InChI=1S/C7H13O2.2CHF3O3S.Al/c1-9-7-4-2-3-6(8)5-7;2*2-1(3,4)8(5,6)7;/h6-7H,2-5H2,1H3;2*(H,5,6,7);/q-1;;;+3/p-2. The van der Waals surface area contributed by atoms with Crippen molar-refractivity contribution in [3.8, 4) is 0 Å². The second-order valence-corrected chi connectivity index (χ2v) is 7.19. The zero-order valence-corrected chi connectivity index (χ0v) is 15.7. The number of alkyl halides is 6. The summed E-state index contributed by atoms with van der Waals surface area (Å²) in [5.74, 6) is 0. The van der Waals surface area contributed by atoms with Crippen LogP contribution in [0.15, 0.2) is 0 Å². The molecule has 0 aliphatic heterocycles. The third-order valence-electron chi connectivity index (χ3n) is 2.48. The van der Waals surface area contributed by atoms with Crippen molar-refractivity contribution in [3.63, 3.8) is 0 Å². The number of rotatable bonds is 1. The molecule has 1 saturated carbocycles. The molecule has 17 heteroatoms. The van der Waals surface area contributed by atoms with E-state index in [2.05, 4.69) is 0 Å². The van der Waals surface area contributed by atoms with E-state index in [0.717, 1.165) is 25.7 Å². The molecule has 0 bridgehead atoms. The van der Waals surface area contributed by atoms with Crippen LogP contribution in [0.1, 0.15) is 25.7 Å². The predicted octanol–water partition coefficient (Wildman–Crippen LogP) is 0.0263. The van der Waals surface area contributed by atoms with Crippen LogP contribution in [0, 0.1) is 0 Å². The molecule has 0 N–H and O–H groups in total. The molecule has 26 heavy (non-hydrogen) atoms. The monoisotopic (exact) mass is 454 g/mol. The van der Waals surface area contributed by atoms with Gasteiger partial charge in [0, 0.05) is 7.11 Å². The van der Waals surface area contributed by atoms with Crippen molar-refractivity contribution in [1.82, 2.24) is 0 Å². The molecular formula is C9H13AlF6O8S2. The summed E-state index contributed by atoms with van der Waals surface area (Å²) in [6.45, 7) is 0. The molecule has 0 aromatic rings. The molecule has 0 aromatic heterocycles. The fourth-order valence-electron chi connectivity index (χ4n) is 1.32. The van der Waals surface area contributed by atoms with Crippen molar-refractivity contribution in [2.75, 3.05) is 7.11 Å². The van der Waals surface area contributed by atoms with E-state index in [4.69, 9.17) is 30.7 Å². The molecule has 154 valence electrons. The van der Waals surface area contributed by atoms with Crippen LogP contribution in [0.3, 0.4) is 0 Å². The molecule has 1 aliphatic carbocycles. The zero-order chi connectivity index (χ0) is 20.7. The number of methoxy groups -OCH3 is 1. The van der Waals surface area contributed by atoms with Crippen molar-refractivity contribution in [2.24, 2.45) is 0 Å². The van der Waals surface area contributed by atoms with Gasteiger partial charge >= 0.3 is 28.4 Å². The summed E-state index contributed by atoms with van der Waals surface area (Å²) < 4.78 is 123. The van der Waals surface area contributed by atoms with E-state index in [0.29, 0.717) is 0 Å². The van der Waals surface area contributed by atoms with Crippen LogP contribution < -0.4 is 5.11 Å². The summed E-state index contributed by atoms with van der Waals surface area (Å²) in [5.41, 5.74) is -11.3. The fraction of sp³-hybridized carbons (Fsp3) is 1.00. The number of hydrogen-bond donors (Lipinski definition) is 0. The van der Waals surface area contributed by atoms with Crippen molar-refractivity contribution in [3.05, 3.63) is 0 Å². The molecular weight excluding hydrogens is 441 g/mol. The van der Waals surface area contributed by atoms with Crippen LogP contribution >= 0.6 is 0 Å². The molecule has 0 spiro atoms. The largest absolute Gasteiger partial charge is 3.00 e. The molecule has 2 atom stereocenters. The van der Waals surface area contributed by atoms with Crippen LogP contribution in [0.5, 0.6) is 0 Å². The SMILES string of the molecule is COC1CCCC([O-])C1.O=S(=O)([O-])C(F)(F)F.O=S(=O)([O-])C(F)(F)F.[Al+3].